The Balaban J connectivity index is 2.09. The predicted molar refractivity (Wildman–Crippen MR) is 107 cm³/mol. The van der Waals surface area contributed by atoms with Gasteiger partial charge in [0.05, 0.1) is 12.4 Å². The van der Waals surface area contributed by atoms with Crippen LogP contribution >= 0.6 is 0 Å². The van der Waals surface area contributed by atoms with Gasteiger partial charge in [0.15, 0.2) is 0 Å². The van der Waals surface area contributed by atoms with Gasteiger partial charge in [-0.25, -0.2) is 9.78 Å². The van der Waals surface area contributed by atoms with Crippen molar-refractivity contribution in [1.82, 2.24) is 20.6 Å². The van der Waals surface area contributed by atoms with Gasteiger partial charge in [-0.15, -0.1) is 0 Å². The lowest BCUT2D eigenvalue weighted by molar-refractivity contribution is -0.143. The number of hydrogen-bond acceptors (Lipinski definition) is 5. The van der Waals surface area contributed by atoms with Crippen molar-refractivity contribution in [1.29, 1.82) is 0 Å². The number of nitrogens with one attached hydrogen (secondary N) is 3. The number of imidazole rings is 1. The maximum absolute atomic E-state index is 12.7. The number of aromatic amines is 1. The number of amides is 2. The zero-order valence-corrected chi connectivity index (χ0v) is 16.5. The Bertz CT molecular complexity index is 808. The van der Waals surface area contributed by atoms with Gasteiger partial charge in [-0.1, -0.05) is 44.2 Å². The number of carbonyl (C=O) groups excluding carboxylic acids is 2. The first-order chi connectivity index (χ1) is 13.8. The highest BCUT2D eigenvalue weighted by Crippen LogP contribution is 2.06. The van der Waals surface area contributed by atoms with Crippen LogP contribution in [0.4, 0.5) is 0 Å². The first-order valence-electron chi connectivity index (χ1n) is 9.38. The molecular weight excluding hydrogens is 374 g/mol. The van der Waals surface area contributed by atoms with Crippen molar-refractivity contribution in [3.05, 3.63) is 54.1 Å². The Morgan fingerprint density at radius 1 is 1.10 bits per heavy atom. The molecule has 0 aliphatic rings. The van der Waals surface area contributed by atoms with Crippen LogP contribution in [-0.4, -0.2) is 51.0 Å². The molecule has 2 amide bonds. The van der Waals surface area contributed by atoms with Gasteiger partial charge < -0.3 is 26.5 Å². The number of carboxylic acids is 1. The van der Waals surface area contributed by atoms with Gasteiger partial charge in [-0.2, -0.15) is 0 Å². The van der Waals surface area contributed by atoms with Gasteiger partial charge in [0.25, 0.3) is 0 Å². The summed E-state index contributed by atoms with van der Waals surface area (Å²) in [6.07, 6.45) is 3.43. The number of carboxylic acid groups (broad SMARTS) is 1. The summed E-state index contributed by atoms with van der Waals surface area (Å²) in [7, 11) is 0. The summed E-state index contributed by atoms with van der Waals surface area (Å²) in [5.74, 6) is -2.55. The normalized spacial score (nSPS) is 14.1. The smallest absolute Gasteiger partial charge is 0.326 e. The van der Waals surface area contributed by atoms with Crippen LogP contribution in [0.25, 0.3) is 0 Å². The minimum atomic E-state index is -1.14. The predicted octanol–water partition coefficient (Wildman–Crippen LogP) is 0.232. The number of nitrogens with zero attached hydrogens (tertiary/aromatic N) is 1. The fourth-order valence-corrected chi connectivity index (χ4v) is 2.83. The number of H-pyrrole nitrogens is 1. The van der Waals surface area contributed by atoms with Crippen molar-refractivity contribution in [2.75, 3.05) is 0 Å². The van der Waals surface area contributed by atoms with Crippen LogP contribution < -0.4 is 16.4 Å². The van der Waals surface area contributed by atoms with Crippen LogP contribution in [-0.2, 0) is 27.2 Å². The molecule has 0 fully saturated rings. The average Bonchev–Trinajstić information content (AvgIpc) is 3.18. The Hall–Kier alpha value is -3.20. The molecule has 0 saturated heterocycles. The molecule has 156 valence electrons. The van der Waals surface area contributed by atoms with Gasteiger partial charge >= 0.3 is 5.97 Å². The lowest BCUT2D eigenvalue weighted by Gasteiger charge is -2.24. The van der Waals surface area contributed by atoms with E-state index in [2.05, 4.69) is 20.6 Å². The third-order valence-corrected chi connectivity index (χ3v) is 4.48. The largest absolute Gasteiger partial charge is 0.480 e. The lowest BCUT2D eigenvalue weighted by atomic mass is 10.0. The molecule has 2 rings (SSSR count). The molecule has 1 heterocycles. The SMILES string of the molecule is CC(C)[C@H](NC(=O)[C@H](Cc1cnc[nH]1)NC(=O)[C@@H](N)Cc1ccccc1)C(=O)O. The van der Waals surface area contributed by atoms with E-state index in [1.54, 1.807) is 13.8 Å². The second-order valence-corrected chi connectivity index (χ2v) is 7.21. The van der Waals surface area contributed by atoms with E-state index in [1.807, 2.05) is 30.3 Å². The zero-order valence-electron chi connectivity index (χ0n) is 16.5. The Kier molecular flexibility index (Phi) is 7.90. The molecule has 3 atom stereocenters. The number of carbonyl (C=O) groups is 3. The van der Waals surface area contributed by atoms with Crippen LogP contribution in [0.2, 0.25) is 0 Å². The van der Waals surface area contributed by atoms with E-state index in [4.69, 9.17) is 5.73 Å². The zero-order chi connectivity index (χ0) is 21.4. The van der Waals surface area contributed by atoms with Crippen LogP contribution in [0.15, 0.2) is 42.9 Å². The molecule has 9 heteroatoms. The summed E-state index contributed by atoms with van der Waals surface area (Å²) >= 11 is 0. The van der Waals surface area contributed by atoms with E-state index in [0.29, 0.717) is 12.1 Å². The average molecular weight is 401 g/mol. The molecule has 0 aliphatic carbocycles. The lowest BCUT2D eigenvalue weighted by Crippen LogP contribution is -2.56. The highest BCUT2D eigenvalue weighted by molar-refractivity contribution is 5.92. The molecule has 1 aromatic heterocycles. The molecule has 0 saturated carbocycles. The fourth-order valence-electron chi connectivity index (χ4n) is 2.83. The summed E-state index contributed by atoms with van der Waals surface area (Å²) in [6.45, 7) is 3.38. The summed E-state index contributed by atoms with van der Waals surface area (Å²) in [4.78, 5) is 43.5. The van der Waals surface area contributed by atoms with E-state index in [1.165, 1.54) is 12.5 Å². The van der Waals surface area contributed by atoms with E-state index in [9.17, 15) is 19.5 Å². The maximum atomic E-state index is 12.7. The van der Waals surface area contributed by atoms with Crippen molar-refractivity contribution < 1.29 is 19.5 Å². The van der Waals surface area contributed by atoms with Gasteiger partial charge in [-0.05, 0) is 17.9 Å². The van der Waals surface area contributed by atoms with Crippen molar-refractivity contribution in [3.8, 4) is 0 Å². The molecule has 0 spiro atoms. The second kappa shape index (κ2) is 10.4. The molecular formula is C20H27N5O4. The van der Waals surface area contributed by atoms with Crippen molar-refractivity contribution >= 4 is 17.8 Å². The van der Waals surface area contributed by atoms with E-state index in [-0.39, 0.29) is 12.3 Å². The molecule has 0 unspecified atom stereocenters. The molecule has 1 aromatic carbocycles. The summed E-state index contributed by atoms with van der Waals surface area (Å²) in [5, 5.41) is 14.5. The van der Waals surface area contributed by atoms with Crippen molar-refractivity contribution in [2.45, 2.75) is 44.8 Å². The minimum absolute atomic E-state index is 0.125. The van der Waals surface area contributed by atoms with Crippen LogP contribution in [0, 0.1) is 5.92 Å². The van der Waals surface area contributed by atoms with Crippen molar-refractivity contribution in [2.24, 2.45) is 11.7 Å². The molecule has 0 aliphatic heterocycles. The number of aliphatic carboxylic acids is 1. The third kappa shape index (κ3) is 6.72. The molecule has 0 radical (unpaired) electrons. The Morgan fingerprint density at radius 2 is 1.79 bits per heavy atom. The molecule has 0 bridgehead atoms. The van der Waals surface area contributed by atoms with Crippen LogP contribution in [0.3, 0.4) is 0 Å². The van der Waals surface area contributed by atoms with Gasteiger partial charge in [0.2, 0.25) is 11.8 Å². The van der Waals surface area contributed by atoms with E-state index < -0.39 is 35.9 Å². The summed E-state index contributed by atoms with van der Waals surface area (Å²) in [6, 6.07) is 6.39. The number of benzene rings is 1. The van der Waals surface area contributed by atoms with E-state index in [0.717, 1.165) is 5.56 Å². The number of hydrogen-bond donors (Lipinski definition) is 5. The standard InChI is InChI=1S/C20H27N5O4/c1-12(2)17(20(28)29)25-19(27)16(9-14-10-22-11-23-14)24-18(26)15(21)8-13-6-4-3-5-7-13/h3-7,10-12,15-17H,8-9,21H2,1-2H3,(H,22,23)(H,24,26)(H,25,27)(H,28,29)/t15-,16-,17-/m0/s1. The van der Waals surface area contributed by atoms with E-state index >= 15 is 0 Å². The molecule has 2 aromatic rings. The summed E-state index contributed by atoms with van der Waals surface area (Å²) in [5.41, 5.74) is 7.53. The molecule has 29 heavy (non-hydrogen) atoms. The minimum Gasteiger partial charge on any atom is -0.480 e. The Labute approximate surface area is 169 Å². The van der Waals surface area contributed by atoms with Crippen LogP contribution in [0.1, 0.15) is 25.1 Å². The van der Waals surface area contributed by atoms with Crippen molar-refractivity contribution in [3.63, 3.8) is 0 Å². The third-order valence-electron chi connectivity index (χ3n) is 4.48. The van der Waals surface area contributed by atoms with Crippen LogP contribution in [0.5, 0.6) is 0 Å². The fraction of sp³-hybridized carbons (Fsp3) is 0.400. The number of aromatic nitrogens is 2. The topological polar surface area (TPSA) is 150 Å². The molecule has 9 nitrogen and oxygen atoms in total. The second-order valence-electron chi connectivity index (χ2n) is 7.21. The molecule has 6 N–H and O–H groups in total. The maximum Gasteiger partial charge on any atom is 0.326 e. The monoisotopic (exact) mass is 401 g/mol. The summed E-state index contributed by atoms with van der Waals surface area (Å²) < 4.78 is 0. The number of rotatable bonds is 10. The number of nitrogens with two attached hydrogens (primary N) is 1. The van der Waals surface area contributed by atoms with Gasteiger partial charge in [0.1, 0.15) is 12.1 Å². The quantitative estimate of drug-likeness (QED) is 0.385. The first-order valence-corrected chi connectivity index (χ1v) is 9.38. The highest BCUT2D eigenvalue weighted by Gasteiger charge is 2.30. The van der Waals surface area contributed by atoms with Gasteiger partial charge in [-0.3, -0.25) is 9.59 Å². The Morgan fingerprint density at radius 3 is 2.34 bits per heavy atom. The van der Waals surface area contributed by atoms with Gasteiger partial charge in [0, 0.05) is 18.3 Å². The first kappa shape index (κ1) is 22.1. The highest BCUT2D eigenvalue weighted by atomic mass is 16.4.